The van der Waals surface area contributed by atoms with Gasteiger partial charge in [0, 0.05) is 0 Å². The molecule has 0 unspecified atom stereocenters. The highest BCUT2D eigenvalue weighted by Crippen LogP contribution is 2.15. The van der Waals surface area contributed by atoms with Crippen LogP contribution in [0.4, 0.5) is 4.39 Å². The topological polar surface area (TPSA) is 98.5 Å². The number of primary amides is 1. The first-order valence-corrected chi connectivity index (χ1v) is 5.99. The summed E-state index contributed by atoms with van der Waals surface area (Å²) in [5.41, 5.74) is 5.31. The van der Waals surface area contributed by atoms with Gasteiger partial charge in [-0.05, 0) is 24.6 Å². The van der Waals surface area contributed by atoms with E-state index in [1.165, 1.54) is 6.07 Å². The van der Waals surface area contributed by atoms with Crippen molar-refractivity contribution in [1.82, 2.24) is 4.89 Å². The van der Waals surface area contributed by atoms with Crippen LogP contribution in [0.5, 0.6) is 0 Å². The molecule has 0 radical (unpaired) electrons. The van der Waals surface area contributed by atoms with Crippen LogP contribution in [0.15, 0.2) is 23.1 Å². The number of aryl methyl sites for hydroxylation is 1. The maximum atomic E-state index is 13.3. The molecule has 94 valence electrons. The summed E-state index contributed by atoms with van der Waals surface area (Å²) >= 11 is 0. The molecule has 0 atom stereocenters. The maximum Gasteiger partial charge on any atom is 0.265 e. The first-order chi connectivity index (χ1) is 7.83. The Morgan fingerprint density at radius 3 is 2.76 bits per heavy atom. The third-order valence-corrected chi connectivity index (χ3v) is 2.99. The smallest absolute Gasteiger partial charge is 0.265 e. The SMILES string of the molecule is Cc1ccc(F)c(S(=O)(=O)NOCC(N)=O)c1. The second kappa shape index (κ2) is 5.21. The number of hydrogen-bond acceptors (Lipinski definition) is 4. The van der Waals surface area contributed by atoms with Crippen molar-refractivity contribution >= 4 is 15.9 Å². The number of carbonyl (C=O) groups is 1. The number of nitrogens with two attached hydrogens (primary N) is 1. The van der Waals surface area contributed by atoms with E-state index in [0.717, 1.165) is 12.1 Å². The van der Waals surface area contributed by atoms with E-state index in [1.54, 1.807) is 11.8 Å². The fourth-order valence-corrected chi connectivity index (χ4v) is 2.01. The van der Waals surface area contributed by atoms with Crippen molar-refractivity contribution in [3.63, 3.8) is 0 Å². The van der Waals surface area contributed by atoms with Crippen LogP contribution in [0.2, 0.25) is 0 Å². The number of rotatable bonds is 5. The number of carbonyl (C=O) groups excluding carboxylic acids is 1. The highest BCUT2D eigenvalue weighted by Gasteiger charge is 2.19. The van der Waals surface area contributed by atoms with Crippen molar-refractivity contribution in [3.8, 4) is 0 Å². The highest BCUT2D eigenvalue weighted by atomic mass is 32.2. The fraction of sp³-hybridized carbons (Fsp3) is 0.222. The predicted octanol–water partition coefficient (Wildman–Crippen LogP) is -0.171. The lowest BCUT2D eigenvalue weighted by atomic mass is 10.2. The van der Waals surface area contributed by atoms with Crippen molar-refractivity contribution in [2.45, 2.75) is 11.8 Å². The minimum absolute atomic E-state index is 0.554. The van der Waals surface area contributed by atoms with Gasteiger partial charge in [-0.2, -0.15) is 0 Å². The maximum absolute atomic E-state index is 13.3. The molecule has 6 nitrogen and oxygen atoms in total. The van der Waals surface area contributed by atoms with Gasteiger partial charge in [0.05, 0.1) is 0 Å². The van der Waals surface area contributed by atoms with E-state index in [9.17, 15) is 17.6 Å². The summed E-state index contributed by atoms with van der Waals surface area (Å²) in [7, 11) is -4.16. The van der Waals surface area contributed by atoms with E-state index in [0.29, 0.717) is 5.56 Å². The molecule has 0 fully saturated rings. The number of nitrogens with one attached hydrogen (secondary N) is 1. The third-order valence-electron chi connectivity index (χ3n) is 1.76. The van der Waals surface area contributed by atoms with E-state index in [4.69, 9.17) is 5.73 Å². The molecule has 8 heteroatoms. The van der Waals surface area contributed by atoms with Crippen LogP contribution in [-0.2, 0) is 19.7 Å². The van der Waals surface area contributed by atoms with Gasteiger partial charge in [0.2, 0.25) is 5.91 Å². The van der Waals surface area contributed by atoms with Gasteiger partial charge in [-0.3, -0.25) is 9.63 Å². The van der Waals surface area contributed by atoms with E-state index in [1.807, 2.05) is 0 Å². The second-order valence-corrected chi connectivity index (χ2v) is 4.89. The van der Waals surface area contributed by atoms with Gasteiger partial charge in [-0.25, -0.2) is 12.8 Å². The molecule has 0 bridgehead atoms. The Morgan fingerprint density at radius 2 is 2.18 bits per heavy atom. The van der Waals surface area contributed by atoms with Gasteiger partial charge in [0.15, 0.2) is 0 Å². The van der Waals surface area contributed by atoms with Crippen LogP contribution >= 0.6 is 0 Å². The summed E-state index contributed by atoms with van der Waals surface area (Å²) in [6.45, 7) is 0.982. The summed E-state index contributed by atoms with van der Waals surface area (Å²) in [6.07, 6.45) is 0. The number of benzene rings is 1. The van der Waals surface area contributed by atoms with Crippen LogP contribution in [0.3, 0.4) is 0 Å². The normalized spacial score (nSPS) is 11.4. The summed E-state index contributed by atoms with van der Waals surface area (Å²) in [5.74, 6) is -1.76. The summed E-state index contributed by atoms with van der Waals surface area (Å²) in [4.78, 5) is 15.7. The molecule has 0 heterocycles. The molecule has 0 spiro atoms. The number of halogens is 1. The summed E-state index contributed by atoms with van der Waals surface area (Å²) in [5, 5.41) is 0. The van der Waals surface area contributed by atoms with Crippen molar-refractivity contribution in [2.75, 3.05) is 6.61 Å². The molecule has 0 saturated carbocycles. The zero-order chi connectivity index (χ0) is 13.1. The van der Waals surface area contributed by atoms with Crippen molar-refractivity contribution in [3.05, 3.63) is 29.6 Å². The van der Waals surface area contributed by atoms with Gasteiger partial charge < -0.3 is 5.73 Å². The van der Waals surface area contributed by atoms with Crippen LogP contribution in [0, 0.1) is 12.7 Å². The molecule has 0 aliphatic carbocycles. The number of hydrogen-bond donors (Lipinski definition) is 2. The first-order valence-electron chi connectivity index (χ1n) is 4.51. The average molecular weight is 262 g/mol. The largest absolute Gasteiger partial charge is 0.368 e. The van der Waals surface area contributed by atoms with Crippen LogP contribution < -0.4 is 10.6 Å². The Kier molecular flexibility index (Phi) is 4.16. The Bertz CT molecular complexity index is 530. The quantitative estimate of drug-likeness (QED) is 0.720. The van der Waals surface area contributed by atoms with E-state index < -0.39 is 33.3 Å². The van der Waals surface area contributed by atoms with E-state index in [2.05, 4.69) is 4.84 Å². The lowest BCUT2D eigenvalue weighted by molar-refractivity contribution is -0.123. The Hall–Kier alpha value is -1.51. The van der Waals surface area contributed by atoms with Crippen molar-refractivity contribution in [1.29, 1.82) is 0 Å². The minimum Gasteiger partial charge on any atom is -0.368 e. The molecule has 1 amide bonds. The standard InChI is InChI=1S/C9H11FN2O4S/c1-6-2-3-7(10)8(4-6)17(14,15)12-16-5-9(11)13/h2-4,12H,5H2,1H3,(H2,11,13). The molecular formula is C9H11FN2O4S. The molecule has 17 heavy (non-hydrogen) atoms. The highest BCUT2D eigenvalue weighted by molar-refractivity contribution is 7.89. The third kappa shape index (κ3) is 3.77. The molecule has 0 saturated heterocycles. The first kappa shape index (κ1) is 13.6. The summed E-state index contributed by atoms with van der Waals surface area (Å²) in [6, 6.07) is 3.60. The van der Waals surface area contributed by atoms with Crippen LogP contribution in [-0.4, -0.2) is 20.9 Å². The van der Waals surface area contributed by atoms with Gasteiger partial charge in [0.1, 0.15) is 17.3 Å². The van der Waals surface area contributed by atoms with Crippen LogP contribution in [0.1, 0.15) is 5.56 Å². The van der Waals surface area contributed by atoms with Crippen LogP contribution in [0.25, 0.3) is 0 Å². The van der Waals surface area contributed by atoms with E-state index in [-0.39, 0.29) is 0 Å². The second-order valence-electron chi connectivity index (χ2n) is 3.28. The zero-order valence-corrected chi connectivity index (χ0v) is 9.75. The molecule has 0 aliphatic heterocycles. The molecular weight excluding hydrogens is 251 g/mol. The van der Waals surface area contributed by atoms with Crippen molar-refractivity contribution < 1.29 is 22.4 Å². The molecule has 0 aliphatic rings. The fourth-order valence-electron chi connectivity index (χ4n) is 1.04. The van der Waals surface area contributed by atoms with Gasteiger partial charge >= 0.3 is 0 Å². The molecule has 0 aromatic heterocycles. The van der Waals surface area contributed by atoms with Gasteiger partial charge in [0.25, 0.3) is 10.0 Å². The van der Waals surface area contributed by atoms with Gasteiger partial charge in [-0.15, -0.1) is 0 Å². The minimum atomic E-state index is -4.16. The molecule has 3 N–H and O–H groups in total. The molecule has 1 aromatic rings. The Morgan fingerprint density at radius 1 is 1.53 bits per heavy atom. The number of sulfonamides is 1. The van der Waals surface area contributed by atoms with Crippen molar-refractivity contribution in [2.24, 2.45) is 5.73 Å². The Labute approximate surface area is 97.6 Å². The lowest BCUT2D eigenvalue weighted by Crippen LogP contribution is -2.30. The average Bonchev–Trinajstić information content (AvgIpc) is 2.20. The van der Waals surface area contributed by atoms with E-state index >= 15 is 0 Å². The monoisotopic (exact) mass is 262 g/mol. The van der Waals surface area contributed by atoms with Gasteiger partial charge in [-0.1, -0.05) is 11.0 Å². The molecule has 1 aromatic carbocycles. The predicted molar refractivity (Wildman–Crippen MR) is 56.6 cm³/mol. The zero-order valence-electron chi connectivity index (χ0n) is 8.94. The Balaban J connectivity index is 2.89. The summed E-state index contributed by atoms with van der Waals surface area (Å²) < 4.78 is 36.4. The molecule has 1 rings (SSSR count). The lowest BCUT2D eigenvalue weighted by Gasteiger charge is -2.07. The number of amides is 1.